The molecule has 0 aliphatic rings. The zero-order chi connectivity index (χ0) is 20.5. The van der Waals surface area contributed by atoms with Crippen LogP contribution in [0.1, 0.15) is 16.7 Å². The minimum atomic E-state index is -0.649. The average molecular weight is 409 g/mol. The second-order valence-corrected chi connectivity index (χ2v) is 6.46. The Labute approximate surface area is 167 Å². The van der Waals surface area contributed by atoms with Crippen LogP contribution in [0.3, 0.4) is 0 Å². The Kier molecular flexibility index (Phi) is 8.16. The van der Waals surface area contributed by atoms with Gasteiger partial charge in [-0.15, -0.1) is 0 Å². The molecule has 7 nitrogen and oxygen atoms in total. The summed E-state index contributed by atoms with van der Waals surface area (Å²) in [6, 6.07) is 6.24. The molecule has 0 radical (unpaired) electrons. The van der Waals surface area contributed by atoms with Crippen LogP contribution in [0, 0.1) is 19.7 Å². The highest BCUT2D eigenvalue weighted by Gasteiger charge is 2.08. The lowest BCUT2D eigenvalue weighted by atomic mass is 10.2. The highest BCUT2D eigenvalue weighted by molar-refractivity contribution is 6.31. The number of carbonyl (C=O) groups excluding carboxylic acids is 2. The van der Waals surface area contributed by atoms with Gasteiger partial charge in [0.1, 0.15) is 18.2 Å². The number of nitrogens with zero attached hydrogens (tertiary/aromatic N) is 1. The Balaban J connectivity index is 1.60. The number of carbonyl (C=O) groups is 2. The predicted octanol–water partition coefficient (Wildman–Crippen LogP) is 2.95. The highest BCUT2D eigenvalue weighted by atomic mass is 35.5. The number of ether oxygens (including phenoxy) is 1. The Morgan fingerprint density at radius 3 is 2.79 bits per heavy atom. The molecule has 9 heteroatoms. The van der Waals surface area contributed by atoms with Crippen molar-refractivity contribution >= 4 is 29.4 Å². The van der Waals surface area contributed by atoms with Crippen molar-refractivity contribution in [2.24, 2.45) is 0 Å². The molecule has 3 N–H and O–H groups in total. The van der Waals surface area contributed by atoms with Crippen LogP contribution in [0.25, 0.3) is 0 Å². The number of rotatable bonds is 8. The number of pyridine rings is 1. The van der Waals surface area contributed by atoms with Crippen LogP contribution in [0.15, 0.2) is 30.5 Å². The monoisotopic (exact) mass is 408 g/mol. The van der Waals surface area contributed by atoms with Crippen LogP contribution in [0.5, 0.6) is 0 Å². The van der Waals surface area contributed by atoms with Gasteiger partial charge < -0.3 is 15.4 Å². The van der Waals surface area contributed by atoms with E-state index in [2.05, 4.69) is 20.9 Å². The fourth-order valence-electron chi connectivity index (χ4n) is 2.23. The SMILES string of the molecule is Cc1cnc(NC(=O)OCCNC(=O)CNCc2cccc(F)c2Cl)cc1C. The number of aromatic nitrogens is 1. The van der Waals surface area contributed by atoms with Gasteiger partial charge >= 0.3 is 6.09 Å². The molecule has 1 aromatic heterocycles. The number of amides is 2. The van der Waals surface area contributed by atoms with Gasteiger partial charge in [0.15, 0.2) is 0 Å². The molecule has 0 spiro atoms. The van der Waals surface area contributed by atoms with E-state index in [0.717, 1.165) is 11.1 Å². The molecular weight excluding hydrogens is 387 g/mol. The molecule has 1 aromatic carbocycles. The molecule has 0 aliphatic carbocycles. The van der Waals surface area contributed by atoms with Gasteiger partial charge in [0.05, 0.1) is 18.1 Å². The van der Waals surface area contributed by atoms with E-state index in [1.807, 2.05) is 13.8 Å². The van der Waals surface area contributed by atoms with Gasteiger partial charge in [-0.3, -0.25) is 10.1 Å². The van der Waals surface area contributed by atoms with Crippen LogP contribution in [0.2, 0.25) is 5.02 Å². The lowest BCUT2D eigenvalue weighted by Crippen LogP contribution is -2.36. The second-order valence-electron chi connectivity index (χ2n) is 6.08. The first-order valence-corrected chi connectivity index (χ1v) is 9.02. The first kappa shape index (κ1) is 21.6. The molecule has 0 unspecified atom stereocenters. The van der Waals surface area contributed by atoms with Crippen molar-refractivity contribution in [2.75, 3.05) is 25.0 Å². The number of halogens is 2. The normalized spacial score (nSPS) is 10.4. The Bertz CT molecular complexity index is 848. The smallest absolute Gasteiger partial charge is 0.412 e. The van der Waals surface area contributed by atoms with Gasteiger partial charge in [-0.05, 0) is 42.7 Å². The third kappa shape index (κ3) is 6.79. The van der Waals surface area contributed by atoms with Crippen LogP contribution < -0.4 is 16.0 Å². The maximum absolute atomic E-state index is 13.3. The Morgan fingerprint density at radius 1 is 1.25 bits per heavy atom. The Morgan fingerprint density at radius 2 is 2.04 bits per heavy atom. The van der Waals surface area contributed by atoms with Gasteiger partial charge in [-0.25, -0.2) is 14.2 Å². The van der Waals surface area contributed by atoms with Gasteiger partial charge in [0.2, 0.25) is 5.91 Å². The third-order valence-electron chi connectivity index (χ3n) is 3.89. The van der Waals surface area contributed by atoms with Crippen molar-refractivity contribution in [1.29, 1.82) is 0 Å². The summed E-state index contributed by atoms with van der Waals surface area (Å²) < 4.78 is 18.3. The topological polar surface area (TPSA) is 92.3 Å². The maximum atomic E-state index is 13.3. The van der Waals surface area contributed by atoms with Crippen molar-refractivity contribution < 1.29 is 18.7 Å². The van der Waals surface area contributed by atoms with E-state index in [-0.39, 0.29) is 37.2 Å². The van der Waals surface area contributed by atoms with Crippen molar-refractivity contribution in [2.45, 2.75) is 20.4 Å². The van der Waals surface area contributed by atoms with Crippen LogP contribution in [-0.4, -0.2) is 36.7 Å². The zero-order valence-corrected chi connectivity index (χ0v) is 16.4. The molecule has 2 amide bonds. The van der Waals surface area contributed by atoms with E-state index in [9.17, 15) is 14.0 Å². The summed E-state index contributed by atoms with van der Waals surface area (Å²) >= 11 is 5.84. The van der Waals surface area contributed by atoms with E-state index < -0.39 is 11.9 Å². The van der Waals surface area contributed by atoms with Crippen molar-refractivity contribution in [1.82, 2.24) is 15.6 Å². The van der Waals surface area contributed by atoms with E-state index >= 15 is 0 Å². The predicted molar refractivity (Wildman–Crippen MR) is 105 cm³/mol. The summed E-state index contributed by atoms with van der Waals surface area (Å²) in [4.78, 5) is 27.5. The van der Waals surface area contributed by atoms with E-state index in [4.69, 9.17) is 16.3 Å². The molecule has 0 aliphatic heterocycles. The molecule has 0 bridgehead atoms. The number of anilines is 1. The second kappa shape index (κ2) is 10.6. The highest BCUT2D eigenvalue weighted by Crippen LogP contribution is 2.19. The number of hydrogen-bond acceptors (Lipinski definition) is 5. The molecular formula is C19H22ClFN4O3. The van der Waals surface area contributed by atoms with Crippen LogP contribution in [0.4, 0.5) is 15.0 Å². The van der Waals surface area contributed by atoms with E-state index in [1.165, 1.54) is 6.07 Å². The molecule has 0 saturated heterocycles. The van der Waals surface area contributed by atoms with Gasteiger partial charge in [-0.1, -0.05) is 23.7 Å². The zero-order valence-electron chi connectivity index (χ0n) is 15.6. The summed E-state index contributed by atoms with van der Waals surface area (Å²) in [7, 11) is 0. The lowest BCUT2D eigenvalue weighted by molar-refractivity contribution is -0.120. The van der Waals surface area contributed by atoms with Gasteiger partial charge in [0.25, 0.3) is 0 Å². The minimum Gasteiger partial charge on any atom is -0.447 e. The van der Waals surface area contributed by atoms with Gasteiger partial charge in [0, 0.05) is 12.7 Å². The minimum absolute atomic E-state index is 0.0120. The third-order valence-corrected chi connectivity index (χ3v) is 4.32. The molecule has 150 valence electrons. The van der Waals surface area contributed by atoms with Crippen LogP contribution in [-0.2, 0) is 16.1 Å². The molecule has 0 saturated carbocycles. The maximum Gasteiger partial charge on any atom is 0.412 e. The number of hydrogen-bond donors (Lipinski definition) is 3. The lowest BCUT2D eigenvalue weighted by Gasteiger charge is -2.10. The Hall–Kier alpha value is -2.71. The number of nitrogens with one attached hydrogen (secondary N) is 3. The van der Waals surface area contributed by atoms with Crippen molar-refractivity contribution in [3.05, 3.63) is 58.0 Å². The largest absolute Gasteiger partial charge is 0.447 e. The fraction of sp³-hybridized carbons (Fsp3) is 0.316. The molecule has 1 heterocycles. The quantitative estimate of drug-likeness (QED) is 0.584. The number of aryl methyl sites for hydroxylation is 2. The summed E-state index contributed by atoms with van der Waals surface area (Å²) in [6.07, 6.45) is 1.01. The molecule has 28 heavy (non-hydrogen) atoms. The van der Waals surface area contributed by atoms with E-state index in [1.54, 1.807) is 24.4 Å². The molecule has 0 atom stereocenters. The standard InChI is InChI=1S/C19H22ClFN4O3/c1-12-8-16(24-9-13(12)2)25-19(27)28-7-6-23-17(26)11-22-10-14-4-3-5-15(21)18(14)20/h3-5,8-9,22H,6-7,10-11H2,1-2H3,(H,23,26)(H,24,25,27). The fourth-order valence-corrected chi connectivity index (χ4v) is 2.42. The number of benzene rings is 1. The summed E-state index contributed by atoms with van der Waals surface area (Å²) in [5, 5.41) is 8.03. The molecule has 2 aromatic rings. The van der Waals surface area contributed by atoms with E-state index in [0.29, 0.717) is 11.4 Å². The molecule has 2 rings (SSSR count). The first-order chi connectivity index (χ1) is 13.4. The van der Waals surface area contributed by atoms with Crippen molar-refractivity contribution in [3.8, 4) is 0 Å². The van der Waals surface area contributed by atoms with Gasteiger partial charge in [-0.2, -0.15) is 0 Å². The summed E-state index contributed by atoms with van der Waals surface area (Å²) in [6.45, 7) is 4.29. The molecule has 0 fully saturated rings. The summed E-state index contributed by atoms with van der Waals surface area (Å²) in [5.74, 6) is -0.387. The van der Waals surface area contributed by atoms with Crippen molar-refractivity contribution in [3.63, 3.8) is 0 Å². The van der Waals surface area contributed by atoms with Crippen LogP contribution >= 0.6 is 11.6 Å². The summed E-state index contributed by atoms with van der Waals surface area (Å²) in [5.41, 5.74) is 2.59. The first-order valence-electron chi connectivity index (χ1n) is 8.64. The average Bonchev–Trinajstić information content (AvgIpc) is 2.65.